The minimum absolute atomic E-state index is 0.0212. The molecule has 0 spiro atoms. The molecule has 5 rings (SSSR count). The maximum atomic E-state index is 12.2. The van der Waals surface area contributed by atoms with E-state index in [1.54, 1.807) is 11.8 Å². The van der Waals surface area contributed by atoms with Crippen LogP contribution in [0.3, 0.4) is 0 Å². The van der Waals surface area contributed by atoms with E-state index in [9.17, 15) is 19.8 Å². The number of aliphatic hydroxyl groups is 1. The van der Waals surface area contributed by atoms with Crippen molar-refractivity contribution in [2.45, 2.75) is 37.2 Å². The van der Waals surface area contributed by atoms with Crippen LogP contribution in [-0.4, -0.2) is 67.8 Å². The van der Waals surface area contributed by atoms with Gasteiger partial charge in [-0.3, -0.25) is 14.2 Å². The number of aliphatic carboxylic acids is 1. The first-order valence-electron chi connectivity index (χ1n) is 7.87. The van der Waals surface area contributed by atoms with Crippen molar-refractivity contribution in [3.8, 4) is 0 Å². The first kappa shape index (κ1) is 14.5. The van der Waals surface area contributed by atoms with E-state index < -0.39 is 11.6 Å². The Labute approximate surface area is 133 Å². The molecule has 7 heteroatoms. The number of carbonyl (C=O) groups is 2. The van der Waals surface area contributed by atoms with Crippen molar-refractivity contribution in [3.05, 3.63) is 11.4 Å². The third-order valence-electron chi connectivity index (χ3n) is 6.00. The molecule has 0 radical (unpaired) electrons. The summed E-state index contributed by atoms with van der Waals surface area (Å²) in [6, 6.07) is 0. The molecule has 6 nitrogen and oxygen atoms in total. The quantitative estimate of drug-likeness (QED) is 0.574. The van der Waals surface area contributed by atoms with Crippen molar-refractivity contribution in [2.24, 2.45) is 5.92 Å². The summed E-state index contributed by atoms with van der Waals surface area (Å²) < 4.78 is 0.655. The normalized spacial score (nSPS) is 43.9. The predicted molar refractivity (Wildman–Crippen MR) is 80.6 cm³/mol. The second-order valence-electron chi connectivity index (χ2n) is 7.09. The van der Waals surface area contributed by atoms with Crippen LogP contribution in [0.25, 0.3) is 0 Å². The molecule has 4 fully saturated rings. The monoisotopic (exact) mass is 325 g/mol. The van der Waals surface area contributed by atoms with E-state index in [1.165, 1.54) is 4.90 Å². The summed E-state index contributed by atoms with van der Waals surface area (Å²) in [5, 5.41) is 20.1. The SMILES string of the molecule is CC1C(=O)N2C(C(=O)O)=C([N+]34CCC(O)(CC3)CC4)CS[C@@H]12. The Morgan fingerprint density at radius 1 is 1.32 bits per heavy atom. The Bertz CT molecular complexity index is 578. The van der Waals surface area contributed by atoms with Crippen LogP contribution in [0.5, 0.6) is 0 Å². The molecule has 1 unspecified atom stereocenters. The van der Waals surface area contributed by atoms with Gasteiger partial charge in [-0.2, -0.15) is 0 Å². The lowest BCUT2D eigenvalue weighted by atomic mass is 9.80. The van der Waals surface area contributed by atoms with Crippen molar-refractivity contribution in [3.63, 3.8) is 0 Å². The highest BCUT2D eigenvalue weighted by Gasteiger charge is 2.57. The molecule has 120 valence electrons. The lowest BCUT2D eigenvalue weighted by Crippen LogP contribution is -2.67. The van der Waals surface area contributed by atoms with E-state index in [4.69, 9.17) is 0 Å². The number of carboxylic acid groups (broad SMARTS) is 1. The van der Waals surface area contributed by atoms with Crippen LogP contribution in [0.4, 0.5) is 0 Å². The largest absolute Gasteiger partial charge is 0.476 e. The Morgan fingerprint density at radius 3 is 2.45 bits per heavy atom. The number of thioether (sulfide) groups is 1. The van der Waals surface area contributed by atoms with Gasteiger partial charge >= 0.3 is 5.97 Å². The third kappa shape index (κ3) is 1.76. The van der Waals surface area contributed by atoms with Crippen LogP contribution in [0, 0.1) is 5.92 Å². The number of fused-ring (bicyclic) bond motifs is 4. The fourth-order valence-corrected chi connectivity index (χ4v) is 5.91. The highest BCUT2D eigenvalue weighted by molar-refractivity contribution is 8.00. The lowest BCUT2D eigenvalue weighted by Gasteiger charge is -2.56. The topological polar surface area (TPSA) is 77.8 Å². The Balaban J connectivity index is 1.76. The molecule has 22 heavy (non-hydrogen) atoms. The van der Waals surface area contributed by atoms with Crippen molar-refractivity contribution in [1.82, 2.24) is 4.90 Å². The summed E-state index contributed by atoms with van der Waals surface area (Å²) in [6.07, 6.45) is 2.17. The molecule has 0 saturated carbocycles. The van der Waals surface area contributed by atoms with Crippen LogP contribution in [0.2, 0.25) is 0 Å². The van der Waals surface area contributed by atoms with E-state index in [2.05, 4.69) is 0 Å². The van der Waals surface area contributed by atoms with Crippen molar-refractivity contribution in [1.29, 1.82) is 0 Å². The molecule has 0 aromatic carbocycles. The van der Waals surface area contributed by atoms with Crippen LogP contribution in [-0.2, 0) is 9.59 Å². The lowest BCUT2D eigenvalue weighted by molar-refractivity contribution is -0.910. The van der Waals surface area contributed by atoms with Gasteiger partial charge in [-0.1, -0.05) is 6.92 Å². The summed E-state index contributed by atoms with van der Waals surface area (Å²) >= 11 is 1.68. The maximum absolute atomic E-state index is 12.2. The molecule has 2 bridgehead atoms. The standard InChI is InChI=1S/C15H20N2O4S/c1-9-12(18)16-11(14(19)20)10(8-22-13(9)16)17-5-2-15(21,3-6-17)4-7-17/h9,13,21H,2-8H2,1H3/p+1/t9?,13-,15?,17?/m0/s1. The van der Waals surface area contributed by atoms with E-state index in [1.807, 2.05) is 6.92 Å². The van der Waals surface area contributed by atoms with Crippen LogP contribution in [0.15, 0.2) is 11.4 Å². The Morgan fingerprint density at radius 2 is 1.91 bits per heavy atom. The second kappa shape index (κ2) is 4.49. The molecule has 5 aliphatic heterocycles. The minimum Gasteiger partial charge on any atom is -0.476 e. The average molecular weight is 325 g/mol. The molecule has 0 aromatic rings. The zero-order chi connectivity index (χ0) is 15.7. The number of piperidine rings is 3. The van der Waals surface area contributed by atoms with Gasteiger partial charge in [0.2, 0.25) is 5.91 Å². The van der Waals surface area contributed by atoms with E-state index in [0.29, 0.717) is 10.2 Å². The van der Waals surface area contributed by atoms with Crippen molar-refractivity contribution < 1.29 is 24.3 Å². The van der Waals surface area contributed by atoms with E-state index >= 15 is 0 Å². The second-order valence-corrected chi connectivity index (χ2v) is 8.19. The van der Waals surface area contributed by atoms with E-state index in [0.717, 1.165) is 44.6 Å². The van der Waals surface area contributed by atoms with E-state index in [-0.39, 0.29) is 22.9 Å². The van der Waals surface area contributed by atoms with Crippen molar-refractivity contribution in [2.75, 3.05) is 25.4 Å². The number of nitrogens with zero attached hydrogens (tertiary/aromatic N) is 2. The van der Waals surface area contributed by atoms with Crippen LogP contribution in [0.1, 0.15) is 26.2 Å². The summed E-state index contributed by atoms with van der Waals surface area (Å²) in [4.78, 5) is 25.5. The highest BCUT2D eigenvalue weighted by atomic mass is 32.2. The fraction of sp³-hybridized carbons (Fsp3) is 0.733. The summed E-state index contributed by atoms with van der Waals surface area (Å²) in [5.41, 5.74) is 0.560. The molecule has 2 atom stereocenters. The molecule has 0 aromatic heterocycles. The number of carboxylic acids is 1. The van der Waals surface area contributed by atoms with Gasteiger partial charge in [0, 0.05) is 19.3 Å². The molecular weight excluding hydrogens is 304 g/mol. The molecule has 1 amide bonds. The maximum Gasteiger partial charge on any atom is 0.358 e. The molecule has 2 N–H and O–H groups in total. The summed E-state index contributed by atoms with van der Waals surface area (Å²) in [7, 11) is 0. The number of amides is 1. The zero-order valence-corrected chi connectivity index (χ0v) is 13.4. The summed E-state index contributed by atoms with van der Waals surface area (Å²) in [6.45, 7) is 4.22. The van der Waals surface area contributed by atoms with Gasteiger partial charge in [0.1, 0.15) is 0 Å². The Kier molecular flexibility index (Phi) is 2.97. The zero-order valence-electron chi connectivity index (χ0n) is 12.6. The molecule has 5 aliphatic rings. The van der Waals surface area contributed by atoms with Gasteiger partial charge < -0.3 is 10.2 Å². The van der Waals surface area contributed by atoms with Gasteiger partial charge in [-0.25, -0.2) is 4.79 Å². The highest BCUT2D eigenvalue weighted by Crippen LogP contribution is 2.48. The van der Waals surface area contributed by atoms with Gasteiger partial charge in [-0.15, -0.1) is 11.8 Å². The molecule has 0 aliphatic carbocycles. The number of hydrogen-bond donors (Lipinski definition) is 2. The predicted octanol–water partition coefficient (Wildman–Crippen LogP) is 0.579. The summed E-state index contributed by atoms with van der Waals surface area (Å²) in [5.74, 6) is -0.470. The van der Waals surface area contributed by atoms with Gasteiger partial charge in [0.25, 0.3) is 0 Å². The van der Waals surface area contributed by atoms with Gasteiger partial charge in [0.05, 0.1) is 42.3 Å². The number of quaternary nitrogens is 1. The minimum atomic E-state index is -0.987. The Hall–Kier alpha value is -1.05. The smallest absolute Gasteiger partial charge is 0.358 e. The fourth-order valence-electron chi connectivity index (χ4n) is 4.41. The number of rotatable bonds is 2. The average Bonchev–Trinajstić information content (AvgIpc) is 2.53. The first-order valence-corrected chi connectivity index (χ1v) is 8.92. The molecule has 4 saturated heterocycles. The van der Waals surface area contributed by atoms with Crippen LogP contribution < -0.4 is 0 Å². The van der Waals surface area contributed by atoms with Gasteiger partial charge in [-0.05, 0) is 0 Å². The van der Waals surface area contributed by atoms with Gasteiger partial charge in [0.15, 0.2) is 11.4 Å². The van der Waals surface area contributed by atoms with Crippen molar-refractivity contribution >= 4 is 23.6 Å². The first-order chi connectivity index (χ1) is 10.4. The third-order valence-corrected chi connectivity index (χ3v) is 7.41. The number of carbonyl (C=O) groups excluding carboxylic acids is 1. The molecular formula is C15H21N2O4S+. The number of hydrogen-bond acceptors (Lipinski definition) is 4. The van der Waals surface area contributed by atoms with Crippen LogP contribution >= 0.6 is 11.8 Å². The number of β-lactam (4-membered cyclic amide) rings is 1. The molecule has 5 heterocycles.